The minimum absolute atomic E-state index is 0.267. The molecule has 0 amide bonds. The Labute approximate surface area is 123 Å². The molecule has 1 heterocycles. The standard InChI is InChI=1S/C15H23BrN2O/c1-9(2)11-5-12(15(19)13(16)6-11)14-4-10(7-17)8-18(14)3/h5-6,9-10,14,19H,4,7-8,17H2,1-3H3. The summed E-state index contributed by atoms with van der Waals surface area (Å²) >= 11 is 3.47. The molecule has 1 fully saturated rings. The second-order valence-electron chi connectivity index (χ2n) is 5.89. The van der Waals surface area contributed by atoms with Crippen molar-refractivity contribution in [1.82, 2.24) is 4.90 Å². The number of rotatable bonds is 3. The van der Waals surface area contributed by atoms with Gasteiger partial charge in [0.25, 0.3) is 0 Å². The molecule has 1 aliphatic rings. The molecule has 1 saturated heterocycles. The van der Waals surface area contributed by atoms with E-state index in [1.807, 2.05) is 6.07 Å². The van der Waals surface area contributed by atoms with Gasteiger partial charge >= 0.3 is 0 Å². The highest BCUT2D eigenvalue weighted by atomic mass is 79.9. The molecule has 0 aromatic heterocycles. The van der Waals surface area contributed by atoms with Crippen molar-refractivity contribution in [2.24, 2.45) is 11.7 Å². The van der Waals surface area contributed by atoms with E-state index in [-0.39, 0.29) is 6.04 Å². The largest absolute Gasteiger partial charge is 0.506 e. The van der Waals surface area contributed by atoms with E-state index in [9.17, 15) is 5.11 Å². The zero-order valence-corrected chi connectivity index (χ0v) is 13.4. The van der Waals surface area contributed by atoms with Crippen LogP contribution in [0.2, 0.25) is 0 Å². The van der Waals surface area contributed by atoms with Gasteiger partial charge in [0.1, 0.15) is 5.75 Å². The summed E-state index contributed by atoms with van der Waals surface area (Å²) < 4.78 is 0.790. The molecule has 3 N–H and O–H groups in total. The molecule has 0 spiro atoms. The third-order valence-corrected chi connectivity index (χ3v) is 4.71. The molecule has 0 radical (unpaired) electrons. The first-order valence-corrected chi connectivity index (χ1v) is 7.66. The van der Waals surface area contributed by atoms with Crippen molar-refractivity contribution in [3.05, 3.63) is 27.7 Å². The van der Waals surface area contributed by atoms with Crippen LogP contribution in [-0.4, -0.2) is 30.1 Å². The average molecular weight is 327 g/mol. The monoisotopic (exact) mass is 326 g/mol. The van der Waals surface area contributed by atoms with E-state index in [4.69, 9.17) is 5.73 Å². The molecule has 2 rings (SSSR count). The predicted molar refractivity (Wildman–Crippen MR) is 82.4 cm³/mol. The Morgan fingerprint density at radius 3 is 2.68 bits per heavy atom. The van der Waals surface area contributed by atoms with Gasteiger partial charge in [-0.05, 0) is 59.4 Å². The van der Waals surface area contributed by atoms with Crippen molar-refractivity contribution >= 4 is 15.9 Å². The number of nitrogens with two attached hydrogens (primary N) is 1. The normalized spacial score (nSPS) is 24.3. The molecule has 0 aliphatic carbocycles. The molecule has 4 heteroatoms. The molecule has 1 aromatic rings. The lowest BCUT2D eigenvalue weighted by Crippen LogP contribution is -2.20. The Morgan fingerprint density at radius 2 is 2.16 bits per heavy atom. The molecule has 1 aromatic carbocycles. The van der Waals surface area contributed by atoms with E-state index in [1.54, 1.807) is 0 Å². The second kappa shape index (κ2) is 5.81. The number of benzene rings is 1. The average Bonchev–Trinajstić information content (AvgIpc) is 2.73. The predicted octanol–water partition coefficient (Wildman–Crippen LogP) is 3.23. The summed E-state index contributed by atoms with van der Waals surface area (Å²) in [4.78, 5) is 2.29. The van der Waals surface area contributed by atoms with Gasteiger partial charge in [-0.25, -0.2) is 0 Å². The minimum atomic E-state index is 0.267. The quantitative estimate of drug-likeness (QED) is 0.896. The summed E-state index contributed by atoms with van der Waals surface area (Å²) in [6.45, 7) is 6.06. The highest BCUT2D eigenvalue weighted by Crippen LogP contribution is 2.42. The van der Waals surface area contributed by atoms with Crippen molar-refractivity contribution in [3.63, 3.8) is 0 Å². The Morgan fingerprint density at radius 1 is 1.47 bits per heavy atom. The van der Waals surface area contributed by atoms with Crippen molar-refractivity contribution < 1.29 is 5.11 Å². The van der Waals surface area contributed by atoms with Crippen molar-refractivity contribution in [2.75, 3.05) is 20.1 Å². The zero-order chi connectivity index (χ0) is 14.2. The van der Waals surface area contributed by atoms with E-state index in [2.05, 4.69) is 47.8 Å². The van der Waals surface area contributed by atoms with Gasteiger partial charge in [-0.1, -0.05) is 19.9 Å². The van der Waals surface area contributed by atoms with Crippen LogP contribution in [0.15, 0.2) is 16.6 Å². The van der Waals surface area contributed by atoms with Crippen LogP contribution < -0.4 is 5.73 Å². The number of hydrogen-bond acceptors (Lipinski definition) is 3. The Bertz CT molecular complexity index is 462. The molecular weight excluding hydrogens is 304 g/mol. The fraction of sp³-hybridized carbons (Fsp3) is 0.600. The summed E-state index contributed by atoms with van der Waals surface area (Å²) in [7, 11) is 2.11. The van der Waals surface area contributed by atoms with E-state index >= 15 is 0 Å². The summed E-state index contributed by atoms with van der Waals surface area (Å²) in [6, 6.07) is 4.42. The van der Waals surface area contributed by atoms with Gasteiger partial charge in [0.2, 0.25) is 0 Å². The molecule has 1 aliphatic heterocycles. The maximum absolute atomic E-state index is 10.3. The summed E-state index contributed by atoms with van der Waals surface area (Å²) in [5.41, 5.74) is 8.06. The van der Waals surface area contributed by atoms with Crippen LogP contribution in [0, 0.1) is 5.92 Å². The van der Waals surface area contributed by atoms with Crippen LogP contribution in [0.4, 0.5) is 0 Å². The summed E-state index contributed by atoms with van der Waals surface area (Å²) in [6.07, 6.45) is 1.02. The number of aromatic hydroxyl groups is 1. The molecule has 0 bridgehead atoms. The number of hydrogen-bond donors (Lipinski definition) is 2. The van der Waals surface area contributed by atoms with Crippen molar-refractivity contribution in [2.45, 2.75) is 32.2 Å². The van der Waals surface area contributed by atoms with Crippen LogP contribution >= 0.6 is 15.9 Å². The first kappa shape index (κ1) is 14.8. The highest BCUT2D eigenvalue weighted by Gasteiger charge is 2.32. The van der Waals surface area contributed by atoms with E-state index < -0.39 is 0 Å². The highest BCUT2D eigenvalue weighted by molar-refractivity contribution is 9.10. The molecular formula is C15H23BrN2O. The van der Waals surface area contributed by atoms with Gasteiger partial charge < -0.3 is 10.8 Å². The number of phenols is 1. The van der Waals surface area contributed by atoms with Crippen LogP contribution in [0.3, 0.4) is 0 Å². The third kappa shape index (κ3) is 2.96. The summed E-state index contributed by atoms with van der Waals surface area (Å²) in [5, 5.41) is 10.3. The van der Waals surface area contributed by atoms with Gasteiger partial charge in [-0.3, -0.25) is 4.90 Å². The zero-order valence-electron chi connectivity index (χ0n) is 11.9. The Hall–Kier alpha value is -0.580. The van der Waals surface area contributed by atoms with Crippen LogP contribution in [-0.2, 0) is 0 Å². The van der Waals surface area contributed by atoms with Crippen molar-refractivity contribution in [3.8, 4) is 5.75 Å². The molecule has 19 heavy (non-hydrogen) atoms. The number of likely N-dealkylation sites (tertiary alicyclic amines) is 1. The summed E-state index contributed by atoms with van der Waals surface area (Å²) in [5.74, 6) is 1.35. The minimum Gasteiger partial charge on any atom is -0.506 e. The molecule has 2 unspecified atom stereocenters. The number of halogens is 1. The van der Waals surface area contributed by atoms with Gasteiger partial charge in [0.05, 0.1) is 4.47 Å². The number of phenolic OH excluding ortho intramolecular Hbond substituents is 1. The first-order chi connectivity index (χ1) is 8.93. The smallest absolute Gasteiger partial charge is 0.134 e. The van der Waals surface area contributed by atoms with Gasteiger partial charge in [0, 0.05) is 18.2 Å². The SMILES string of the molecule is CC(C)c1cc(Br)c(O)c(C2CC(CN)CN2C)c1. The lowest BCUT2D eigenvalue weighted by molar-refractivity contribution is 0.305. The van der Waals surface area contributed by atoms with Crippen molar-refractivity contribution in [1.29, 1.82) is 0 Å². The van der Waals surface area contributed by atoms with E-state index in [1.165, 1.54) is 5.56 Å². The fourth-order valence-electron chi connectivity index (χ4n) is 2.87. The van der Waals surface area contributed by atoms with Crippen LogP contribution in [0.1, 0.15) is 43.4 Å². The third-order valence-electron chi connectivity index (χ3n) is 4.11. The van der Waals surface area contributed by atoms with Gasteiger partial charge in [-0.15, -0.1) is 0 Å². The Kier molecular flexibility index (Phi) is 4.54. The molecule has 3 nitrogen and oxygen atoms in total. The van der Waals surface area contributed by atoms with Gasteiger partial charge in [-0.2, -0.15) is 0 Å². The maximum Gasteiger partial charge on any atom is 0.134 e. The van der Waals surface area contributed by atoms with Crippen LogP contribution in [0.25, 0.3) is 0 Å². The van der Waals surface area contributed by atoms with Gasteiger partial charge in [0.15, 0.2) is 0 Å². The fourth-order valence-corrected chi connectivity index (χ4v) is 3.36. The second-order valence-corrected chi connectivity index (χ2v) is 6.74. The van der Waals surface area contributed by atoms with E-state index in [0.717, 1.165) is 23.0 Å². The molecule has 0 saturated carbocycles. The molecule has 106 valence electrons. The topological polar surface area (TPSA) is 49.5 Å². The lowest BCUT2D eigenvalue weighted by atomic mass is 9.94. The Balaban J connectivity index is 2.39. The maximum atomic E-state index is 10.3. The number of nitrogens with zero attached hydrogens (tertiary/aromatic N) is 1. The molecule has 2 atom stereocenters. The van der Waals surface area contributed by atoms with Crippen LogP contribution in [0.5, 0.6) is 5.75 Å². The van der Waals surface area contributed by atoms with E-state index in [0.29, 0.717) is 24.1 Å². The lowest BCUT2D eigenvalue weighted by Gasteiger charge is -2.22. The first-order valence-electron chi connectivity index (χ1n) is 6.86.